The minimum Gasteiger partial charge on any atom is -0.495 e. The van der Waals surface area contributed by atoms with E-state index >= 15 is 0 Å². The molecule has 1 aliphatic rings. The van der Waals surface area contributed by atoms with E-state index in [9.17, 15) is 0 Å². The summed E-state index contributed by atoms with van der Waals surface area (Å²) < 4.78 is 7.87. The SMILES string of the molecule is COc1cccc2cc3n(c12)C(CN)CCC3. The quantitative estimate of drug-likeness (QED) is 0.861. The highest BCUT2D eigenvalue weighted by Crippen LogP contribution is 2.35. The summed E-state index contributed by atoms with van der Waals surface area (Å²) in [5.74, 6) is 0.953. The number of methoxy groups -OCH3 is 1. The molecule has 0 radical (unpaired) electrons. The van der Waals surface area contributed by atoms with E-state index in [2.05, 4.69) is 16.7 Å². The number of fused-ring (bicyclic) bond motifs is 3. The number of nitrogens with two attached hydrogens (primary N) is 1. The molecule has 1 aromatic carbocycles. The van der Waals surface area contributed by atoms with Crippen molar-refractivity contribution in [3.05, 3.63) is 30.0 Å². The van der Waals surface area contributed by atoms with Gasteiger partial charge in [-0.2, -0.15) is 0 Å². The van der Waals surface area contributed by atoms with Crippen molar-refractivity contribution < 1.29 is 4.74 Å². The lowest BCUT2D eigenvalue weighted by molar-refractivity contribution is 0.398. The third-order valence-electron chi connectivity index (χ3n) is 3.73. The van der Waals surface area contributed by atoms with Crippen LogP contribution in [0.1, 0.15) is 24.6 Å². The molecule has 3 heteroatoms. The molecule has 1 aliphatic heterocycles. The van der Waals surface area contributed by atoms with Crippen molar-refractivity contribution in [2.75, 3.05) is 13.7 Å². The minimum absolute atomic E-state index is 0.424. The van der Waals surface area contributed by atoms with Crippen LogP contribution in [0.3, 0.4) is 0 Å². The van der Waals surface area contributed by atoms with Crippen LogP contribution in [0, 0.1) is 0 Å². The first-order valence-corrected chi connectivity index (χ1v) is 6.22. The van der Waals surface area contributed by atoms with Crippen LogP contribution in [-0.4, -0.2) is 18.2 Å². The fourth-order valence-corrected chi connectivity index (χ4v) is 2.95. The summed E-state index contributed by atoms with van der Waals surface area (Å²) in [6, 6.07) is 8.92. The van der Waals surface area contributed by atoms with E-state index in [-0.39, 0.29) is 0 Å². The van der Waals surface area contributed by atoms with Crippen molar-refractivity contribution in [2.45, 2.75) is 25.3 Å². The molecular weight excluding hydrogens is 212 g/mol. The molecule has 0 bridgehead atoms. The van der Waals surface area contributed by atoms with Gasteiger partial charge in [0.05, 0.1) is 12.6 Å². The van der Waals surface area contributed by atoms with E-state index in [0.29, 0.717) is 12.6 Å². The lowest BCUT2D eigenvalue weighted by atomic mass is 10.0. The standard InChI is InChI=1S/C14H18N2O/c1-17-13-7-2-4-10-8-11-5-3-6-12(9-15)16(11)14(10)13/h2,4,7-8,12H,3,5-6,9,15H2,1H3. The second kappa shape index (κ2) is 4.08. The first-order chi connectivity index (χ1) is 8.35. The lowest BCUT2D eigenvalue weighted by Gasteiger charge is -2.26. The van der Waals surface area contributed by atoms with Gasteiger partial charge in [-0.25, -0.2) is 0 Å². The Hall–Kier alpha value is -1.48. The maximum absolute atomic E-state index is 5.90. The van der Waals surface area contributed by atoms with Crippen LogP contribution in [-0.2, 0) is 6.42 Å². The molecule has 2 heterocycles. The molecule has 0 saturated heterocycles. The smallest absolute Gasteiger partial charge is 0.143 e. The summed E-state index contributed by atoms with van der Waals surface area (Å²) in [5, 5.41) is 1.26. The van der Waals surface area contributed by atoms with Crippen LogP contribution in [0.4, 0.5) is 0 Å². The van der Waals surface area contributed by atoms with Crippen LogP contribution < -0.4 is 10.5 Å². The number of aryl methyl sites for hydroxylation is 1. The summed E-state index contributed by atoms with van der Waals surface area (Å²) in [4.78, 5) is 0. The number of hydrogen-bond donors (Lipinski definition) is 1. The van der Waals surface area contributed by atoms with Gasteiger partial charge < -0.3 is 15.0 Å². The zero-order valence-electron chi connectivity index (χ0n) is 10.1. The number of rotatable bonds is 2. The van der Waals surface area contributed by atoms with E-state index in [1.807, 2.05) is 12.1 Å². The molecule has 17 heavy (non-hydrogen) atoms. The number of benzene rings is 1. The topological polar surface area (TPSA) is 40.2 Å². The van der Waals surface area contributed by atoms with Gasteiger partial charge in [0.1, 0.15) is 5.75 Å². The second-order valence-corrected chi connectivity index (χ2v) is 4.69. The highest BCUT2D eigenvalue weighted by molar-refractivity contribution is 5.87. The van der Waals surface area contributed by atoms with Gasteiger partial charge >= 0.3 is 0 Å². The van der Waals surface area contributed by atoms with Crippen molar-refractivity contribution in [1.29, 1.82) is 0 Å². The molecule has 1 aromatic heterocycles. The molecule has 1 atom stereocenters. The second-order valence-electron chi connectivity index (χ2n) is 4.69. The average molecular weight is 230 g/mol. The number of nitrogens with zero attached hydrogens (tertiary/aromatic N) is 1. The summed E-state index contributed by atoms with van der Waals surface area (Å²) in [6.07, 6.45) is 3.56. The van der Waals surface area contributed by atoms with Gasteiger partial charge in [0.25, 0.3) is 0 Å². The highest BCUT2D eigenvalue weighted by Gasteiger charge is 2.22. The molecule has 90 valence electrons. The Kier molecular flexibility index (Phi) is 2.56. The Balaban J connectivity index is 2.30. The van der Waals surface area contributed by atoms with Crippen molar-refractivity contribution in [1.82, 2.24) is 4.57 Å². The van der Waals surface area contributed by atoms with E-state index in [1.54, 1.807) is 7.11 Å². The zero-order valence-corrected chi connectivity index (χ0v) is 10.1. The largest absolute Gasteiger partial charge is 0.495 e. The van der Waals surface area contributed by atoms with E-state index < -0.39 is 0 Å². The van der Waals surface area contributed by atoms with Gasteiger partial charge in [0.15, 0.2) is 0 Å². The number of para-hydroxylation sites is 1. The summed E-state index contributed by atoms with van der Waals surface area (Å²) in [7, 11) is 1.73. The zero-order chi connectivity index (χ0) is 11.8. The maximum Gasteiger partial charge on any atom is 0.143 e. The molecular formula is C14H18N2O. The summed E-state index contributed by atoms with van der Waals surface area (Å²) in [6.45, 7) is 0.703. The van der Waals surface area contributed by atoms with Crippen molar-refractivity contribution >= 4 is 10.9 Å². The molecule has 0 saturated carbocycles. The Bertz CT molecular complexity index is 544. The molecule has 3 nitrogen and oxygen atoms in total. The Labute approximate surface area is 101 Å². The molecule has 0 aliphatic carbocycles. The summed E-state index contributed by atoms with van der Waals surface area (Å²) in [5.41, 5.74) is 8.50. The fraction of sp³-hybridized carbons (Fsp3) is 0.429. The van der Waals surface area contributed by atoms with E-state index in [0.717, 1.165) is 12.2 Å². The number of aromatic nitrogens is 1. The Morgan fingerprint density at radius 1 is 1.47 bits per heavy atom. The van der Waals surface area contributed by atoms with Gasteiger partial charge in [-0.1, -0.05) is 12.1 Å². The van der Waals surface area contributed by atoms with Crippen molar-refractivity contribution in [3.63, 3.8) is 0 Å². The van der Waals surface area contributed by atoms with Gasteiger partial charge in [-0.05, 0) is 31.4 Å². The normalized spacial score (nSPS) is 19.3. The summed E-state index contributed by atoms with van der Waals surface area (Å²) >= 11 is 0. The van der Waals surface area contributed by atoms with Crippen molar-refractivity contribution in [2.24, 2.45) is 5.73 Å². The van der Waals surface area contributed by atoms with Gasteiger partial charge in [-0.3, -0.25) is 0 Å². The van der Waals surface area contributed by atoms with Gasteiger partial charge in [0, 0.05) is 23.7 Å². The molecule has 2 N–H and O–H groups in total. The van der Waals surface area contributed by atoms with Crippen LogP contribution in [0.5, 0.6) is 5.75 Å². The average Bonchev–Trinajstić information content (AvgIpc) is 2.76. The monoisotopic (exact) mass is 230 g/mol. The van der Waals surface area contributed by atoms with Crippen molar-refractivity contribution in [3.8, 4) is 5.75 Å². The maximum atomic E-state index is 5.90. The Morgan fingerprint density at radius 2 is 2.35 bits per heavy atom. The highest BCUT2D eigenvalue weighted by atomic mass is 16.5. The molecule has 0 amide bonds. The van der Waals surface area contributed by atoms with E-state index in [4.69, 9.17) is 10.5 Å². The van der Waals surface area contributed by atoms with Crippen LogP contribution in [0.15, 0.2) is 24.3 Å². The third kappa shape index (κ3) is 1.53. The predicted molar refractivity (Wildman–Crippen MR) is 69.5 cm³/mol. The van der Waals surface area contributed by atoms with E-state index in [1.165, 1.54) is 29.4 Å². The molecule has 2 aromatic rings. The molecule has 0 fully saturated rings. The predicted octanol–water partition coefficient (Wildman–Crippen LogP) is 2.49. The van der Waals surface area contributed by atoms with Crippen LogP contribution >= 0.6 is 0 Å². The molecule has 1 unspecified atom stereocenters. The van der Waals surface area contributed by atoms with Crippen LogP contribution in [0.2, 0.25) is 0 Å². The lowest BCUT2D eigenvalue weighted by Crippen LogP contribution is -2.24. The first kappa shape index (κ1) is 10.7. The number of ether oxygens (including phenoxy) is 1. The fourth-order valence-electron chi connectivity index (χ4n) is 2.95. The molecule has 0 spiro atoms. The third-order valence-corrected chi connectivity index (χ3v) is 3.73. The van der Waals surface area contributed by atoms with Gasteiger partial charge in [-0.15, -0.1) is 0 Å². The van der Waals surface area contributed by atoms with Gasteiger partial charge in [0.2, 0.25) is 0 Å². The molecule has 3 rings (SSSR count). The number of hydrogen-bond acceptors (Lipinski definition) is 2. The minimum atomic E-state index is 0.424. The Morgan fingerprint density at radius 3 is 3.12 bits per heavy atom. The van der Waals surface area contributed by atoms with Crippen LogP contribution in [0.25, 0.3) is 10.9 Å². The first-order valence-electron chi connectivity index (χ1n) is 6.22.